The van der Waals surface area contributed by atoms with Crippen molar-refractivity contribution in [3.05, 3.63) is 83.9 Å². The molecule has 4 rings (SSSR count). The highest BCUT2D eigenvalue weighted by Crippen LogP contribution is 2.40. The monoisotopic (exact) mass is 289 g/mol. The third-order valence-electron chi connectivity index (χ3n) is 3.76. The van der Waals surface area contributed by atoms with Gasteiger partial charge in [-0.25, -0.2) is 0 Å². The summed E-state index contributed by atoms with van der Waals surface area (Å²) in [6.07, 6.45) is 0.995. The van der Waals surface area contributed by atoms with Gasteiger partial charge in [-0.3, -0.25) is 0 Å². The van der Waals surface area contributed by atoms with Crippen LogP contribution in [0.15, 0.2) is 82.6 Å². The largest absolute Gasteiger partial charge is 0.355 e. The van der Waals surface area contributed by atoms with Crippen LogP contribution in [0.3, 0.4) is 0 Å². The molecule has 0 amide bonds. The highest BCUT2D eigenvalue weighted by molar-refractivity contribution is 7.99. The lowest BCUT2D eigenvalue weighted by Gasteiger charge is -2.23. The van der Waals surface area contributed by atoms with Crippen LogP contribution in [-0.4, -0.2) is 0 Å². The highest BCUT2D eigenvalue weighted by atomic mass is 32.2. The maximum Gasteiger partial charge on any atom is 0.0431 e. The van der Waals surface area contributed by atoms with Crippen molar-refractivity contribution in [3.63, 3.8) is 0 Å². The Morgan fingerprint density at radius 2 is 1.48 bits per heavy atom. The first kappa shape index (κ1) is 12.5. The molecule has 0 aromatic heterocycles. The zero-order chi connectivity index (χ0) is 14.1. The minimum absolute atomic E-state index is 0.995. The Bertz CT molecular complexity index is 781. The van der Waals surface area contributed by atoms with Gasteiger partial charge < -0.3 is 5.32 Å². The molecule has 0 fully saturated rings. The molecule has 3 aromatic rings. The summed E-state index contributed by atoms with van der Waals surface area (Å²) in [4.78, 5) is 2.62. The zero-order valence-electron chi connectivity index (χ0n) is 11.5. The first-order valence-electron chi connectivity index (χ1n) is 7.10. The summed E-state index contributed by atoms with van der Waals surface area (Å²) in [7, 11) is 0. The van der Waals surface area contributed by atoms with Crippen LogP contribution >= 0.6 is 11.8 Å². The number of para-hydroxylation sites is 1. The zero-order valence-corrected chi connectivity index (χ0v) is 12.4. The van der Waals surface area contributed by atoms with Crippen molar-refractivity contribution < 1.29 is 0 Å². The van der Waals surface area contributed by atoms with E-state index in [1.54, 1.807) is 0 Å². The highest BCUT2D eigenvalue weighted by Gasteiger charge is 2.17. The molecule has 102 valence electrons. The number of anilines is 2. The van der Waals surface area contributed by atoms with Crippen molar-refractivity contribution >= 4 is 23.1 Å². The van der Waals surface area contributed by atoms with Crippen molar-refractivity contribution in [1.82, 2.24) is 0 Å². The van der Waals surface area contributed by atoms with E-state index in [9.17, 15) is 0 Å². The molecule has 3 aromatic carbocycles. The lowest BCUT2D eigenvalue weighted by Crippen LogP contribution is -2.07. The summed E-state index contributed by atoms with van der Waals surface area (Å²) >= 11 is 1.84. The number of rotatable bonds is 2. The van der Waals surface area contributed by atoms with Crippen LogP contribution in [0.2, 0.25) is 0 Å². The summed E-state index contributed by atoms with van der Waals surface area (Å²) in [5, 5.41) is 3.55. The number of nitrogens with one attached hydrogen (secondary N) is 1. The van der Waals surface area contributed by atoms with Crippen LogP contribution in [0, 0.1) is 0 Å². The van der Waals surface area contributed by atoms with Crippen LogP contribution < -0.4 is 5.32 Å². The molecular weight excluding hydrogens is 274 g/mol. The lowest BCUT2D eigenvalue weighted by molar-refractivity contribution is 1.10. The van der Waals surface area contributed by atoms with Crippen molar-refractivity contribution in [2.45, 2.75) is 16.2 Å². The smallest absolute Gasteiger partial charge is 0.0431 e. The fourth-order valence-electron chi connectivity index (χ4n) is 2.71. The van der Waals surface area contributed by atoms with Crippen LogP contribution in [0.25, 0.3) is 0 Å². The maximum atomic E-state index is 3.55. The van der Waals surface area contributed by atoms with Crippen molar-refractivity contribution in [2.24, 2.45) is 0 Å². The van der Waals surface area contributed by atoms with Gasteiger partial charge in [0.1, 0.15) is 0 Å². The maximum absolute atomic E-state index is 3.55. The molecule has 1 aliphatic rings. The summed E-state index contributed by atoms with van der Waals surface area (Å²) in [5.74, 6) is 0. The summed E-state index contributed by atoms with van der Waals surface area (Å²) in [5.41, 5.74) is 5.22. The molecule has 0 radical (unpaired) electrons. The van der Waals surface area contributed by atoms with E-state index < -0.39 is 0 Å². The SMILES string of the molecule is c1ccc(Sc2cccc3c2Cc2ccccc2N3)cc1. The quantitative estimate of drug-likeness (QED) is 0.524. The molecule has 0 unspecified atom stereocenters. The van der Waals surface area contributed by atoms with E-state index >= 15 is 0 Å². The molecular formula is C19H15NS. The first-order valence-corrected chi connectivity index (χ1v) is 7.91. The second kappa shape index (κ2) is 5.30. The Labute approximate surface area is 129 Å². The van der Waals surface area contributed by atoms with Gasteiger partial charge in [0.05, 0.1) is 0 Å². The Morgan fingerprint density at radius 1 is 0.714 bits per heavy atom. The number of benzene rings is 3. The second-order valence-corrected chi connectivity index (χ2v) is 6.27. The topological polar surface area (TPSA) is 12.0 Å². The van der Waals surface area contributed by atoms with Gasteiger partial charge in [0.2, 0.25) is 0 Å². The van der Waals surface area contributed by atoms with Gasteiger partial charge in [-0.2, -0.15) is 0 Å². The summed E-state index contributed by atoms with van der Waals surface area (Å²) in [6.45, 7) is 0. The van der Waals surface area contributed by atoms with E-state index in [0.717, 1.165) is 6.42 Å². The minimum atomic E-state index is 0.995. The number of hydrogen-bond donors (Lipinski definition) is 1. The Hall–Kier alpha value is -2.19. The molecule has 1 nitrogen and oxygen atoms in total. The lowest BCUT2D eigenvalue weighted by atomic mass is 9.97. The average Bonchev–Trinajstić information content (AvgIpc) is 2.54. The van der Waals surface area contributed by atoms with Crippen molar-refractivity contribution in [2.75, 3.05) is 5.32 Å². The molecule has 2 heteroatoms. The molecule has 1 aliphatic heterocycles. The van der Waals surface area contributed by atoms with E-state index in [-0.39, 0.29) is 0 Å². The molecule has 0 bridgehead atoms. The summed E-state index contributed by atoms with van der Waals surface area (Å²) in [6, 6.07) is 25.6. The predicted molar refractivity (Wildman–Crippen MR) is 89.5 cm³/mol. The predicted octanol–water partition coefficient (Wildman–Crippen LogP) is 5.49. The van der Waals surface area contributed by atoms with E-state index in [4.69, 9.17) is 0 Å². The van der Waals surface area contributed by atoms with Crippen LogP contribution in [0.5, 0.6) is 0 Å². The number of hydrogen-bond acceptors (Lipinski definition) is 2. The fourth-order valence-corrected chi connectivity index (χ4v) is 3.71. The van der Waals surface area contributed by atoms with E-state index in [1.165, 1.54) is 32.3 Å². The normalized spacial score (nSPS) is 12.2. The average molecular weight is 289 g/mol. The number of fused-ring (bicyclic) bond motifs is 2. The van der Waals surface area contributed by atoms with Crippen LogP contribution in [-0.2, 0) is 6.42 Å². The molecule has 0 spiro atoms. The first-order chi connectivity index (χ1) is 10.4. The van der Waals surface area contributed by atoms with Crippen LogP contribution in [0.4, 0.5) is 11.4 Å². The second-order valence-electron chi connectivity index (χ2n) is 5.16. The third kappa shape index (κ3) is 2.43. The Kier molecular flexibility index (Phi) is 3.17. The standard InChI is InChI=1S/C19H15NS/c1-2-8-15(9-3-1)21-19-12-6-11-18-16(19)13-14-7-4-5-10-17(14)20-18/h1-12,20H,13H2. The Balaban J connectivity index is 1.73. The van der Waals surface area contributed by atoms with Crippen molar-refractivity contribution in [3.8, 4) is 0 Å². The van der Waals surface area contributed by atoms with Gasteiger partial charge in [-0.05, 0) is 41.5 Å². The molecule has 1 N–H and O–H groups in total. The van der Waals surface area contributed by atoms with Gasteiger partial charge in [0.25, 0.3) is 0 Å². The molecule has 0 aliphatic carbocycles. The molecule has 0 saturated heterocycles. The molecule has 21 heavy (non-hydrogen) atoms. The van der Waals surface area contributed by atoms with E-state index in [2.05, 4.69) is 78.1 Å². The Morgan fingerprint density at radius 3 is 2.38 bits per heavy atom. The van der Waals surface area contributed by atoms with E-state index in [0.29, 0.717) is 0 Å². The van der Waals surface area contributed by atoms with Gasteiger partial charge in [0, 0.05) is 27.6 Å². The summed E-state index contributed by atoms with van der Waals surface area (Å²) < 4.78 is 0. The van der Waals surface area contributed by atoms with E-state index in [1.807, 2.05) is 11.8 Å². The fraction of sp³-hybridized carbons (Fsp3) is 0.0526. The molecule has 0 atom stereocenters. The van der Waals surface area contributed by atoms with Gasteiger partial charge in [-0.1, -0.05) is 54.2 Å². The van der Waals surface area contributed by atoms with Gasteiger partial charge in [0.15, 0.2) is 0 Å². The minimum Gasteiger partial charge on any atom is -0.355 e. The van der Waals surface area contributed by atoms with Crippen molar-refractivity contribution in [1.29, 1.82) is 0 Å². The third-order valence-corrected chi connectivity index (χ3v) is 4.87. The van der Waals surface area contributed by atoms with Crippen LogP contribution in [0.1, 0.15) is 11.1 Å². The molecule has 0 saturated carbocycles. The molecule has 1 heterocycles. The van der Waals surface area contributed by atoms with Gasteiger partial charge >= 0.3 is 0 Å². The van der Waals surface area contributed by atoms with Gasteiger partial charge in [-0.15, -0.1) is 0 Å².